The third kappa shape index (κ3) is 2.25. The Bertz CT molecular complexity index is 609. The highest BCUT2D eigenvalue weighted by molar-refractivity contribution is 5.89. The average Bonchev–Trinajstić information content (AvgIpc) is 2.83. The fourth-order valence-corrected chi connectivity index (χ4v) is 4.28. The van der Waals surface area contributed by atoms with E-state index in [2.05, 4.69) is 6.92 Å². The molecule has 3 atom stereocenters. The van der Waals surface area contributed by atoms with Gasteiger partial charge in [0.15, 0.2) is 0 Å². The van der Waals surface area contributed by atoms with E-state index in [1.165, 1.54) is 24.3 Å². The molecule has 0 saturated heterocycles. The van der Waals surface area contributed by atoms with Crippen molar-refractivity contribution in [3.63, 3.8) is 0 Å². The molecule has 2 aliphatic carbocycles. The maximum atomic E-state index is 12.8. The minimum absolute atomic E-state index is 0.105. The number of esters is 1. The first-order chi connectivity index (χ1) is 10.3. The molecule has 4 heteroatoms. The van der Waals surface area contributed by atoms with Gasteiger partial charge in [-0.05, 0) is 54.9 Å². The lowest BCUT2D eigenvalue weighted by Crippen LogP contribution is -2.35. The van der Waals surface area contributed by atoms with E-state index in [4.69, 9.17) is 4.74 Å². The number of fused-ring (bicyclic) bond motifs is 2. The number of carbonyl (C=O) groups is 2. The Morgan fingerprint density at radius 1 is 1.32 bits per heavy atom. The van der Waals surface area contributed by atoms with E-state index in [1.807, 2.05) is 6.92 Å². The molecule has 0 radical (unpaired) electrons. The summed E-state index contributed by atoms with van der Waals surface area (Å²) in [6.07, 6.45) is 3.61. The predicted molar refractivity (Wildman–Crippen MR) is 79.8 cm³/mol. The Labute approximate surface area is 129 Å². The molecule has 2 saturated carbocycles. The van der Waals surface area contributed by atoms with Crippen LogP contribution in [0.2, 0.25) is 0 Å². The highest BCUT2D eigenvalue weighted by Crippen LogP contribution is 2.65. The van der Waals surface area contributed by atoms with Crippen LogP contribution < -0.4 is 4.74 Å². The Balaban J connectivity index is 1.62. The van der Waals surface area contributed by atoms with Gasteiger partial charge in [-0.2, -0.15) is 0 Å². The van der Waals surface area contributed by atoms with Crippen molar-refractivity contribution < 1.29 is 18.7 Å². The minimum atomic E-state index is -0.360. The number of ketones is 1. The van der Waals surface area contributed by atoms with Gasteiger partial charge in [0.2, 0.25) is 0 Å². The topological polar surface area (TPSA) is 43.4 Å². The van der Waals surface area contributed by atoms with E-state index in [9.17, 15) is 14.0 Å². The maximum Gasteiger partial charge on any atom is 0.311 e. The van der Waals surface area contributed by atoms with Crippen LogP contribution in [-0.2, 0) is 9.59 Å². The summed E-state index contributed by atoms with van der Waals surface area (Å²) < 4.78 is 18.1. The summed E-state index contributed by atoms with van der Waals surface area (Å²) in [6, 6.07) is 5.42. The van der Waals surface area contributed by atoms with Gasteiger partial charge in [-0.1, -0.05) is 13.8 Å². The monoisotopic (exact) mass is 304 g/mol. The molecule has 3 nitrogen and oxygen atoms in total. The fraction of sp³-hybridized carbons (Fsp3) is 0.556. The lowest BCUT2D eigenvalue weighted by Gasteiger charge is -2.36. The van der Waals surface area contributed by atoms with Crippen molar-refractivity contribution in [2.75, 3.05) is 0 Å². The highest BCUT2D eigenvalue weighted by Gasteiger charge is 2.63. The molecule has 2 fully saturated rings. The molecule has 1 aromatic carbocycles. The molecule has 1 aromatic rings. The smallest absolute Gasteiger partial charge is 0.311 e. The van der Waals surface area contributed by atoms with Gasteiger partial charge in [-0.25, -0.2) is 4.39 Å². The Hall–Kier alpha value is -1.71. The summed E-state index contributed by atoms with van der Waals surface area (Å²) in [5, 5.41) is 0. The molecule has 2 bridgehead atoms. The van der Waals surface area contributed by atoms with Gasteiger partial charge in [-0.3, -0.25) is 9.59 Å². The first kappa shape index (κ1) is 15.2. The Morgan fingerprint density at radius 2 is 2.00 bits per heavy atom. The third-order valence-electron chi connectivity index (χ3n) is 6.10. The van der Waals surface area contributed by atoms with Crippen LogP contribution in [0.4, 0.5) is 4.39 Å². The summed E-state index contributed by atoms with van der Waals surface area (Å²) in [4.78, 5) is 24.2. The quantitative estimate of drug-likeness (QED) is 0.626. The molecule has 118 valence electrons. The van der Waals surface area contributed by atoms with Crippen LogP contribution in [0.5, 0.6) is 5.75 Å². The molecule has 0 heterocycles. The second-order valence-electron chi connectivity index (χ2n) is 7.04. The van der Waals surface area contributed by atoms with Crippen molar-refractivity contribution in [2.45, 2.75) is 46.0 Å². The zero-order chi connectivity index (χ0) is 16.0. The van der Waals surface area contributed by atoms with E-state index in [1.54, 1.807) is 0 Å². The zero-order valence-corrected chi connectivity index (χ0v) is 13.0. The normalized spacial score (nSPS) is 33.2. The van der Waals surface area contributed by atoms with Crippen molar-refractivity contribution in [2.24, 2.45) is 16.7 Å². The van der Waals surface area contributed by atoms with E-state index in [0.29, 0.717) is 30.3 Å². The maximum absolute atomic E-state index is 12.8. The second-order valence-corrected chi connectivity index (χ2v) is 7.04. The van der Waals surface area contributed by atoms with E-state index < -0.39 is 0 Å². The fourth-order valence-electron chi connectivity index (χ4n) is 4.28. The number of halogens is 1. The van der Waals surface area contributed by atoms with Crippen molar-refractivity contribution >= 4 is 11.8 Å². The molecule has 0 aromatic heterocycles. The standard InChI is InChI=1S/C18H21FO3/c1-17(12-7-9-18(17,2)15(20)11-12)10-8-16(21)22-14-5-3-13(19)4-6-14/h3-6,12H,7-11H2,1-2H3. The van der Waals surface area contributed by atoms with Gasteiger partial charge in [0, 0.05) is 18.3 Å². The number of rotatable bonds is 4. The molecule has 0 N–H and O–H groups in total. The third-order valence-corrected chi connectivity index (χ3v) is 6.10. The summed E-state index contributed by atoms with van der Waals surface area (Å²) in [7, 11) is 0. The lowest BCUT2D eigenvalue weighted by molar-refractivity contribution is -0.136. The number of hydrogen-bond acceptors (Lipinski definition) is 3. The van der Waals surface area contributed by atoms with Crippen LogP contribution in [0, 0.1) is 22.6 Å². The molecular formula is C18H21FO3. The zero-order valence-electron chi connectivity index (χ0n) is 13.0. The summed E-state index contributed by atoms with van der Waals surface area (Å²) in [6.45, 7) is 4.19. The van der Waals surface area contributed by atoms with Crippen molar-refractivity contribution in [1.29, 1.82) is 0 Å². The van der Waals surface area contributed by atoms with Gasteiger partial charge in [0.1, 0.15) is 17.3 Å². The van der Waals surface area contributed by atoms with Gasteiger partial charge >= 0.3 is 5.97 Å². The molecule has 3 unspecified atom stereocenters. The van der Waals surface area contributed by atoms with Crippen LogP contribution >= 0.6 is 0 Å². The van der Waals surface area contributed by atoms with Crippen LogP contribution in [0.25, 0.3) is 0 Å². The summed E-state index contributed by atoms with van der Waals surface area (Å²) in [5.74, 6) is 0.409. The number of carbonyl (C=O) groups excluding carboxylic acids is 2. The van der Waals surface area contributed by atoms with Crippen LogP contribution in [-0.4, -0.2) is 11.8 Å². The predicted octanol–water partition coefficient (Wildman–Crippen LogP) is 3.91. The summed E-state index contributed by atoms with van der Waals surface area (Å²) >= 11 is 0. The molecule has 3 rings (SSSR count). The van der Waals surface area contributed by atoms with Gasteiger partial charge < -0.3 is 4.74 Å². The van der Waals surface area contributed by atoms with Crippen LogP contribution in [0.1, 0.15) is 46.0 Å². The molecule has 0 spiro atoms. The molecule has 0 aliphatic heterocycles. The Morgan fingerprint density at radius 3 is 2.55 bits per heavy atom. The van der Waals surface area contributed by atoms with Gasteiger partial charge in [0.05, 0.1) is 0 Å². The second kappa shape index (κ2) is 5.18. The number of hydrogen-bond donors (Lipinski definition) is 0. The van der Waals surface area contributed by atoms with Crippen LogP contribution in [0.15, 0.2) is 24.3 Å². The first-order valence-corrected chi connectivity index (χ1v) is 7.85. The number of ether oxygens (including phenoxy) is 1. The van der Waals surface area contributed by atoms with Gasteiger partial charge in [0.25, 0.3) is 0 Å². The molecule has 2 aliphatic rings. The number of benzene rings is 1. The number of Topliss-reactive ketones (excluding diaryl/α,β-unsaturated/α-hetero) is 1. The van der Waals surface area contributed by atoms with Crippen molar-refractivity contribution in [1.82, 2.24) is 0 Å². The highest BCUT2D eigenvalue weighted by atomic mass is 19.1. The van der Waals surface area contributed by atoms with E-state index in [-0.39, 0.29) is 29.0 Å². The van der Waals surface area contributed by atoms with Crippen LogP contribution in [0.3, 0.4) is 0 Å². The lowest BCUT2D eigenvalue weighted by atomic mass is 9.66. The van der Waals surface area contributed by atoms with E-state index >= 15 is 0 Å². The SMILES string of the molecule is CC12CCC(CC1=O)C2(C)CCC(=O)Oc1ccc(F)cc1. The minimum Gasteiger partial charge on any atom is -0.427 e. The molecule has 22 heavy (non-hydrogen) atoms. The van der Waals surface area contributed by atoms with Crippen molar-refractivity contribution in [3.8, 4) is 5.75 Å². The van der Waals surface area contributed by atoms with Gasteiger partial charge in [-0.15, -0.1) is 0 Å². The average molecular weight is 304 g/mol. The van der Waals surface area contributed by atoms with Crippen molar-refractivity contribution in [3.05, 3.63) is 30.1 Å². The molecule has 0 amide bonds. The largest absolute Gasteiger partial charge is 0.427 e. The summed E-state index contributed by atoms with van der Waals surface area (Å²) in [5.41, 5.74) is -0.389. The first-order valence-electron chi connectivity index (χ1n) is 7.85. The molecular weight excluding hydrogens is 283 g/mol. The Kier molecular flexibility index (Phi) is 3.58. The van der Waals surface area contributed by atoms with E-state index in [0.717, 1.165) is 12.8 Å².